The van der Waals surface area contributed by atoms with Crippen LogP contribution in [0.3, 0.4) is 0 Å². The van der Waals surface area contributed by atoms with Crippen molar-refractivity contribution >= 4 is 0 Å². The minimum Gasteiger partial charge on any atom is -0.0822 e. The molecule has 15 heavy (non-hydrogen) atoms. The Morgan fingerprint density at radius 3 is 2.67 bits per heavy atom. The van der Waals surface area contributed by atoms with E-state index in [9.17, 15) is 0 Å². The molecular weight excluding hydrogens is 186 g/mol. The molecule has 0 heterocycles. The molecule has 0 radical (unpaired) electrons. The first kappa shape index (κ1) is 8.81. The molecule has 2 aliphatic rings. The molecule has 0 spiro atoms. The van der Waals surface area contributed by atoms with Gasteiger partial charge in [-0.15, -0.1) is 0 Å². The summed E-state index contributed by atoms with van der Waals surface area (Å²) in [5.74, 6) is 1.42. The summed E-state index contributed by atoms with van der Waals surface area (Å²) >= 11 is 0. The molecule has 2 saturated carbocycles. The fourth-order valence-electron chi connectivity index (χ4n) is 3.09. The first-order valence-corrected chi connectivity index (χ1v) is 5.48. The Bertz CT molecular complexity index is 422. The molecule has 0 N–H and O–H groups in total. The highest BCUT2D eigenvalue weighted by Gasteiger charge is 2.58. The third kappa shape index (κ3) is 1.17. The average Bonchev–Trinajstić information content (AvgIpc) is 2.99. The van der Waals surface area contributed by atoms with Crippen LogP contribution >= 0.6 is 0 Å². The van der Waals surface area contributed by atoms with Gasteiger partial charge in [0.05, 0.1) is 5.54 Å². The van der Waals surface area contributed by atoms with Gasteiger partial charge in [0.1, 0.15) is 0 Å². The zero-order valence-corrected chi connectivity index (χ0v) is 8.50. The van der Waals surface area contributed by atoms with E-state index in [1.165, 1.54) is 18.4 Å². The summed E-state index contributed by atoms with van der Waals surface area (Å²) in [5.41, 5.74) is 9.73. The lowest BCUT2D eigenvalue weighted by Crippen LogP contribution is -2.22. The van der Waals surface area contributed by atoms with E-state index < -0.39 is 0 Å². The minimum atomic E-state index is -0.222. The maximum absolute atomic E-state index is 8.75. The lowest BCUT2D eigenvalue weighted by atomic mass is 9.86. The molecule has 1 aromatic carbocycles. The van der Waals surface area contributed by atoms with Crippen molar-refractivity contribution in [2.45, 2.75) is 24.8 Å². The number of nitrogens with zero attached hydrogens (tertiary/aromatic N) is 3. The number of azide groups is 1. The van der Waals surface area contributed by atoms with E-state index in [-0.39, 0.29) is 5.54 Å². The van der Waals surface area contributed by atoms with Crippen molar-refractivity contribution in [1.29, 1.82) is 0 Å². The number of rotatable bonds is 2. The maximum atomic E-state index is 8.75. The smallest absolute Gasteiger partial charge is 0.0768 e. The van der Waals surface area contributed by atoms with Crippen LogP contribution < -0.4 is 0 Å². The highest BCUT2D eigenvalue weighted by Crippen LogP contribution is 2.63. The Hall–Kier alpha value is -1.47. The third-order valence-electron chi connectivity index (χ3n) is 3.93. The van der Waals surface area contributed by atoms with Gasteiger partial charge in [0.15, 0.2) is 0 Å². The Balaban J connectivity index is 2.08. The van der Waals surface area contributed by atoms with E-state index in [0.29, 0.717) is 5.92 Å². The fraction of sp³-hybridized carbons (Fsp3) is 0.500. The highest BCUT2D eigenvalue weighted by atomic mass is 15.2. The lowest BCUT2D eigenvalue weighted by Gasteiger charge is -2.25. The van der Waals surface area contributed by atoms with Crippen molar-refractivity contribution in [3.63, 3.8) is 0 Å². The van der Waals surface area contributed by atoms with Crippen molar-refractivity contribution < 1.29 is 0 Å². The van der Waals surface area contributed by atoms with Crippen molar-refractivity contribution in [2.75, 3.05) is 0 Å². The molecule has 0 amide bonds. The van der Waals surface area contributed by atoms with E-state index in [0.717, 1.165) is 12.3 Å². The summed E-state index contributed by atoms with van der Waals surface area (Å²) in [4.78, 5) is 3.07. The largest absolute Gasteiger partial charge is 0.0822 e. The molecule has 0 bridgehead atoms. The zero-order valence-electron chi connectivity index (χ0n) is 8.50. The summed E-state index contributed by atoms with van der Waals surface area (Å²) in [6.07, 6.45) is 3.49. The predicted molar refractivity (Wildman–Crippen MR) is 58.1 cm³/mol. The molecule has 3 heteroatoms. The Kier molecular flexibility index (Phi) is 1.77. The van der Waals surface area contributed by atoms with Crippen LogP contribution in [0.25, 0.3) is 10.4 Å². The molecule has 1 aromatic rings. The summed E-state index contributed by atoms with van der Waals surface area (Å²) in [5, 5.41) is 4.13. The van der Waals surface area contributed by atoms with Gasteiger partial charge in [-0.25, -0.2) is 0 Å². The van der Waals surface area contributed by atoms with Gasteiger partial charge < -0.3 is 0 Å². The molecule has 76 valence electrons. The molecular formula is C12H13N3. The summed E-state index contributed by atoms with van der Waals surface area (Å²) in [6, 6.07) is 10.2. The van der Waals surface area contributed by atoms with Crippen LogP contribution in [0.4, 0.5) is 0 Å². The molecule has 3 rings (SSSR count). The van der Waals surface area contributed by atoms with Crippen LogP contribution in [0, 0.1) is 11.8 Å². The van der Waals surface area contributed by atoms with E-state index in [1.54, 1.807) is 0 Å². The highest BCUT2D eigenvalue weighted by molar-refractivity contribution is 5.31. The summed E-state index contributed by atoms with van der Waals surface area (Å²) < 4.78 is 0. The van der Waals surface area contributed by atoms with Crippen LogP contribution in [0.1, 0.15) is 24.8 Å². The van der Waals surface area contributed by atoms with Gasteiger partial charge in [-0.3, -0.25) is 0 Å². The van der Waals surface area contributed by atoms with E-state index in [1.807, 2.05) is 18.2 Å². The van der Waals surface area contributed by atoms with Gasteiger partial charge in [-0.1, -0.05) is 35.4 Å². The van der Waals surface area contributed by atoms with E-state index in [2.05, 4.69) is 22.2 Å². The molecule has 3 atom stereocenters. The molecule has 0 unspecified atom stereocenters. The summed E-state index contributed by atoms with van der Waals surface area (Å²) in [6.45, 7) is 0. The van der Waals surface area contributed by atoms with E-state index >= 15 is 0 Å². The van der Waals surface area contributed by atoms with Gasteiger partial charge in [-0.05, 0) is 42.2 Å². The predicted octanol–water partition coefficient (Wildman–Crippen LogP) is 3.62. The maximum Gasteiger partial charge on any atom is 0.0768 e. The second kappa shape index (κ2) is 3.01. The molecule has 0 aromatic heterocycles. The monoisotopic (exact) mass is 199 g/mol. The van der Waals surface area contributed by atoms with E-state index in [4.69, 9.17) is 5.53 Å². The van der Waals surface area contributed by atoms with Crippen molar-refractivity contribution in [3.8, 4) is 0 Å². The van der Waals surface area contributed by atoms with Gasteiger partial charge in [0.2, 0.25) is 0 Å². The first-order valence-electron chi connectivity index (χ1n) is 5.48. The molecule has 3 nitrogen and oxygen atoms in total. The van der Waals surface area contributed by atoms with Crippen LogP contribution in [-0.2, 0) is 5.54 Å². The molecule has 2 fully saturated rings. The zero-order chi connectivity index (χ0) is 10.3. The number of hydrogen-bond donors (Lipinski definition) is 0. The fourth-order valence-corrected chi connectivity index (χ4v) is 3.09. The number of hydrogen-bond acceptors (Lipinski definition) is 1. The summed E-state index contributed by atoms with van der Waals surface area (Å²) in [7, 11) is 0. The van der Waals surface area contributed by atoms with Crippen molar-refractivity contribution in [2.24, 2.45) is 17.0 Å². The normalized spacial score (nSPS) is 36.8. The average molecular weight is 199 g/mol. The van der Waals surface area contributed by atoms with Gasteiger partial charge in [0, 0.05) is 4.91 Å². The number of benzene rings is 1. The topological polar surface area (TPSA) is 48.8 Å². The quantitative estimate of drug-likeness (QED) is 0.397. The third-order valence-corrected chi connectivity index (χ3v) is 3.93. The van der Waals surface area contributed by atoms with Crippen LogP contribution in [0.5, 0.6) is 0 Å². The lowest BCUT2D eigenvalue weighted by molar-refractivity contribution is 0.398. The van der Waals surface area contributed by atoms with Crippen molar-refractivity contribution in [3.05, 3.63) is 46.3 Å². The van der Waals surface area contributed by atoms with Crippen LogP contribution in [-0.4, -0.2) is 0 Å². The number of fused-ring (bicyclic) bond motifs is 1. The van der Waals surface area contributed by atoms with Gasteiger partial charge >= 0.3 is 0 Å². The van der Waals surface area contributed by atoms with Crippen LogP contribution in [0.2, 0.25) is 0 Å². The standard InChI is InChI=1S/C12H13N3/c13-15-14-12(7-6-9-8-11(9)12)10-4-2-1-3-5-10/h1-5,9,11H,6-8H2/t9-,11+,12+/m0/s1. The van der Waals surface area contributed by atoms with Gasteiger partial charge in [-0.2, -0.15) is 0 Å². The first-order chi connectivity index (χ1) is 7.37. The minimum absolute atomic E-state index is 0.222. The SMILES string of the molecule is [N-]=[N+]=N[C@@]1(c2ccccc2)CC[C@H]2C[C@H]21. The van der Waals surface area contributed by atoms with Crippen molar-refractivity contribution in [1.82, 2.24) is 0 Å². The molecule has 0 saturated heterocycles. The second-order valence-electron chi connectivity index (χ2n) is 4.62. The Labute approximate surface area is 88.7 Å². The van der Waals surface area contributed by atoms with Crippen LogP contribution in [0.15, 0.2) is 35.4 Å². The van der Waals surface area contributed by atoms with Gasteiger partial charge in [0.25, 0.3) is 0 Å². The molecule has 2 aliphatic carbocycles. The Morgan fingerprint density at radius 2 is 2.13 bits per heavy atom. The molecule has 0 aliphatic heterocycles. The Morgan fingerprint density at radius 1 is 1.33 bits per heavy atom. The second-order valence-corrected chi connectivity index (χ2v) is 4.62.